The number of rotatable bonds is 5. The average molecular weight is 309 g/mol. The van der Waals surface area contributed by atoms with Crippen LogP contribution in [0.4, 0.5) is 0 Å². The molecule has 0 radical (unpaired) electrons. The topological polar surface area (TPSA) is 108 Å². The summed E-state index contributed by atoms with van der Waals surface area (Å²) < 4.78 is 26.3. The molecule has 1 aliphatic rings. The van der Waals surface area contributed by atoms with Crippen LogP contribution < -0.4 is 10.0 Å². The zero-order chi connectivity index (χ0) is 15.3. The fraction of sp³-hybridized carbons (Fsp3) is 0.385. The van der Waals surface area contributed by atoms with Crippen LogP contribution >= 0.6 is 0 Å². The second-order valence-electron chi connectivity index (χ2n) is 4.54. The summed E-state index contributed by atoms with van der Waals surface area (Å²) in [4.78, 5) is 15.2. The minimum atomic E-state index is -3.82. The number of nitrogens with zero attached hydrogens (tertiary/aromatic N) is 1. The number of sulfonamides is 1. The molecule has 1 saturated carbocycles. The van der Waals surface area contributed by atoms with E-state index in [9.17, 15) is 13.2 Å². The maximum absolute atomic E-state index is 12.0. The van der Waals surface area contributed by atoms with Crippen molar-refractivity contribution in [1.29, 1.82) is 0 Å². The van der Waals surface area contributed by atoms with Gasteiger partial charge in [0.15, 0.2) is 0 Å². The third-order valence-electron chi connectivity index (χ3n) is 2.70. The number of hydrogen-bond donors (Lipinski definition) is 3. The number of amides is 1. The van der Waals surface area contributed by atoms with Crippen LogP contribution in [0.5, 0.6) is 0 Å². The number of aliphatic hydroxyl groups excluding tert-OH is 1. The van der Waals surface area contributed by atoms with Crippen LogP contribution in [0, 0.1) is 11.8 Å². The molecule has 0 bridgehead atoms. The first kappa shape index (κ1) is 15.4. The van der Waals surface area contributed by atoms with Crippen molar-refractivity contribution in [1.82, 2.24) is 15.0 Å². The monoisotopic (exact) mass is 309 g/mol. The summed E-state index contributed by atoms with van der Waals surface area (Å²) in [6.07, 6.45) is 4.44. The van der Waals surface area contributed by atoms with E-state index in [1.807, 2.05) is 0 Å². The highest BCUT2D eigenvalue weighted by atomic mass is 32.2. The number of carbonyl (C=O) groups is 1. The number of nitrogens with one attached hydrogen (secondary N) is 2. The van der Waals surface area contributed by atoms with Crippen LogP contribution in [0.25, 0.3) is 0 Å². The van der Waals surface area contributed by atoms with Crippen LogP contribution in [0.3, 0.4) is 0 Å². The molecule has 112 valence electrons. The fourth-order valence-corrected chi connectivity index (χ4v) is 2.50. The molecule has 1 aromatic rings. The third-order valence-corrected chi connectivity index (χ3v) is 4.07. The van der Waals surface area contributed by atoms with Crippen LogP contribution in [-0.4, -0.2) is 43.6 Å². The summed E-state index contributed by atoms with van der Waals surface area (Å²) in [5.74, 6) is 4.62. The molecule has 7 nitrogen and oxygen atoms in total. The summed E-state index contributed by atoms with van der Waals surface area (Å²) in [5, 5.41) is 11.3. The van der Waals surface area contributed by atoms with Gasteiger partial charge in [-0.15, -0.1) is 0 Å². The van der Waals surface area contributed by atoms with Crippen LogP contribution in [0.2, 0.25) is 0 Å². The first-order chi connectivity index (χ1) is 10.0. The first-order valence-corrected chi connectivity index (χ1v) is 7.83. The van der Waals surface area contributed by atoms with Gasteiger partial charge in [-0.25, -0.2) is 13.1 Å². The van der Waals surface area contributed by atoms with Gasteiger partial charge in [0.2, 0.25) is 15.9 Å². The zero-order valence-corrected chi connectivity index (χ0v) is 12.0. The summed E-state index contributed by atoms with van der Waals surface area (Å²) in [7, 11) is -3.82. The molecule has 0 spiro atoms. The number of aromatic nitrogens is 1. The SMILES string of the molecule is O=C(CNS(=O)(=O)c1cncc(C#CCO)c1)NC1CC1. The van der Waals surface area contributed by atoms with E-state index in [1.54, 1.807) is 0 Å². The Morgan fingerprint density at radius 3 is 2.86 bits per heavy atom. The maximum atomic E-state index is 12.0. The molecule has 2 rings (SSSR count). The summed E-state index contributed by atoms with van der Waals surface area (Å²) in [5.41, 5.74) is 0.370. The van der Waals surface area contributed by atoms with Gasteiger partial charge < -0.3 is 10.4 Å². The molecule has 0 unspecified atom stereocenters. The molecule has 21 heavy (non-hydrogen) atoms. The van der Waals surface area contributed by atoms with Gasteiger partial charge in [0, 0.05) is 24.0 Å². The lowest BCUT2D eigenvalue weighted by Gasteiger charge is -2.07. The summed E-state index contributed by atoms with van der Waals surface area (Å²) in [6.45, 7) is -0.637. The van der Waals surface area contributed by atoms with E-state index in [0.29, 0.717) is 5.56 Å². The molecule has 1 amide bonds. The Hall–Kier alpha value is -1.95. The van der Waals surface area contributed by atoms with E-state index in [2.05, 4.69) is 26.9 Å². The van der Waals surface area contributed by atoms with Gasteiger partial charge in [-0.05, 0) is 18.9 Å². The van der Waals surface area contributed by atoms with Crippen molar-refractivity contribution in [2.75, 3.05) is 13.2 Å². The molecular weight excluding hydrogens is 294 g/mol. The Labute approximate surface area is 122 Å². The van der Waals surface area contributed by atoms with E-state index in [0.717, 1.165) is 12.8 Å². The predicted octanol–water partition coefficient (Wildman–Crippen LogP) is -1.02. The number of aliphatic hydroxyl groups is 1. The van der Waals surface area contributed by atoms with E-state index in [1.165, 1.54) is 18.5 Å². The van der Waals surface area contributed by atoms with Crippen molar-refractivity contribution in [2.45, 2.75) is 23.8 Å². The second-order valence-corrected chi connectivity index (χ2v) is 6.30. The van der Waals surface area contributed by atoms with Crippen molar-refractivity contribution in [3.8, 4) is 11.8 Å². The highest BCUT2D eigenvalue weighted by molar-refractivity contribution is 7.89. The van der Waals surface area contributed by atoms with Crippen LogP contribution in [0.1, 0.15) is 18.4 Å². The number of pyridine rings is 1. The minimum absolute atomic E-state index is 0.0774. The van der Waals surface area contributed by atoms with E-state index >= 15 is 0 Å². The smallest absolute Gasteiger partial charge is 0.242 e. The van der Waals surface area contributed by atoms with Gasteiger partial charge >= 0.3 is 0 Å². The van der Waals surface area contributed by atoms with Crippen molar-refractivity contribution in [2.24, 2.45) is 0 Å². The lowest BCUT2D eigenvalue weighted by Crippen LogP contribution is -2.37. The maximum Gasteiger partial charge on any atom is 0.242 e. The molecule has 0 atom stereocenters. The molecule has 1 aliphatic carbocycles. The Morgan fingerprint density at radius 2 is 2.19 bits per heavy atom. The summed E-state index contributed by atoms with van der Waals surface area (Å²) in [6, 6.07) is 1.51. The molecule has 8 heteroatoms. The van der Waals surface area contributed by atoms with Gasteiger partial charge in [0.05, 0.1) is 6.54 Å². The normalized spacial score (nSPS) is 14.1. The van der Waals surface area contributed by atoms with Gasteiger partial charge in [-0.2, -0.15) is 0 Å². The average Bonchev–Trinajstić information content (AvgIpc) is 3.27. The standard InChI is InChI=1S/C13H15N3O4S/c17-5-1-2-10-6-12(8-14-7-10)21(19,20)15-9-13(18)16-11-3-4-11/h6-8,11,15,17H,3-5,9H2,(H,16,18). The Bertz CT molecular complexity index is 687. The Balaban J connectivity index is 2.02. The van der Waals surface area contributed by atoms with Gasteiger partial charge in [0.1, 0.15) is 11.5 Å². The van der Waals surface area contributed by atoms with Crippen molar-refractivity contribution < 1.29 is 18.3 Å². The lowest BCUT2D eigenvalue weighted by atomic mass is 10.3. The Morgan fingerprint density at radius 1 is 1.43 bits per heavy atom. The van der Waals surface area contributed by atoms with Gasteiger partial charge in [-0.3, -0.25) is 9.78 Å². The molecule has 0 saturated heterocycles. The quantitative estimate of drug-likeness (QED) is 0.604. The molecular formula is C13H15N3O4S. The van der Waals surface area contributed by atoms with Crippen molar-refractivity contribution in [3.63, 3.8) is 0 Å². The number of hydrogen-bond acceptors (Lipinski definition) is 5. The molecule has 0 aliphatic heterocycles. The van der Waals surface area contributed by atoms with Crippen molar-refractivity contribution >= 4 is 15.9 Å². The van der Waals surface area contributed by atoms with Crippen LogP contribution in [0.15, 0.2) is 23.4 Å². The van der Waals surface area contributed by atoms with Gasteiger partial charge in [0.25, 0.3) is 0 Å². The highest BCUT2D eigenvalue weighted by Crippen LogP contribution is 2.18. The highest BCUT2D eigenvalue weighted by Gasteiger charge is 2.24. The Kier molecular flexibility index (Phi) is 4.90. The van der Waals surface area contributed by atoms with E-state index < -0.39 is 10.0 Å². The zero-order valence-electron chi connectivity index (χ0n) is 11.2. The predicted molar refractivity (Wildman–Crippen MR) is 74.6 cm³/mol. The van der Waals surface area contributed by atoms with E-state index in [4.69, 9.17) is 5.11 Å². The molecule has 3 N–H and O–H groups in total. The molecule has 1 fully saturated rings. The summed E-state index contributed by atoms with van der Waals surface area (Å²) >= 11 is 0. The molecule has 0 aromatic carbocycles. The first-order valence-electron chi connectivity index (χ1n) is 6.35. The second kappa shape index (κ2) is 6.67. The van der Waals surface area contributed by atoms with Crippen molar-refractivity contribution in [3.05, 3.63) is 24.0 Å². The third kappa shape index (κ3) is 4.82. The van der Waals surface area contributed by atoms with Gasteiger partial charge in [-0.1, -0.05) is 11.8 Å². The molecule has 1 aromatic heterocycles. The number of carbonyl (C=O) groups excluding carboxylic acids is 1. The molecule has 1 heterocycles. The lowest BCUT2D eigenvalue weighted by molar-refractivity contribution is -0.120. The largest absolute Gasteiger partial charge is 0.384 e. The van der Waals surface area contributed by atoms with E-state index in [-0.39, 0.29) is 30.0 Å². The fourth-order valence-electron chi connectivity index (χ4n) is 1.53. The van der Waals surface area contributed by atoms with Crippen LogP contribution in [-0.2, 0) is 14.8 Å². The minimum Gasteiger partial charge on any atom is -0.384 e.